The average Bonchev–Trinajstić information content (AvgIpc) is 2.46. The number of carbonyl (C=O) groups excluding carboxylic acids is 1. The molecule has 6 heteroatoms. The largest absolute Gasteiger partial charge is 0.444 e. The quantitative estimate of drug-likeness (QED) is 0.902. The molecule has 0 radical (unpaired) electrons. The van der Waals surface area contributed by atoms with E-state index in [1.54, 1.807) is 13.8 Å². The molecule has 6 nitrogen and oxygen atoms in total. The van der Waals surface area contributed by atoms with Crippen LogP contribution in [0.1, 0.15) is 25.1 Å². The van der Waals surface area contributed by atoms with Crippen LogP contribution in [0.4, 0.5) is 10.6 Å². The highest BCUT2D eigenvalue weighted by molar-refractivity contribution is 5.82. The third-order valence-electron chi connectivity index (χ3n) is 2.72. The first-order valence-electron chi connectivity index (χ1n) is 6.48. The molecule has 1 amide bonds. The van der Waals surface area contributed by atoms with Crippen molar-refractivity contribution < 1.29 is 14.6 Å². The molecule has 2 aromatic rings. The lowest BCUT2D eigenvalue weighted by Gasteiger charge is -2.15. The van der Waals surface area contributed by atoms with Gasteiger partial charge in [-0.2, -0.15) is 0 Å². The number of ether oxygens (including phenoxy) is 1. The number of benzene rings is 1. The number of anilines is 1. The summed E-state index contributed by atoms with van der Waals surface area (Å²) in [5.41, 5.74) is 0.251. The van der Waals surface area contributed by atoms with Gasteiger partial charge in [-0.25, -0.2) is 9.78 Å². The minimum absolute atomic E-state index is 0.182. The van der Waals surface area contributed by atoms with Gasteiger partial charge in [0.1, 0.15) is 12.2 Å². The van der Waals surface area contributed by atoms with E-state index >= 15 is 0 Å². The van der Waals surface area contributed by atoms with E-state index < -0.39 is 11.7 Å². The van der Waals surface area contributed by atoms with Gasteiger partial charge in [-0.3, -0.25) is 10.3 Å². The molecule has 110 valence electrons. The van der Waals surface area contributed by atoms with Gasteiger partial charge >= 0.3 is 6.09 Å². The second kappa shape index (κ2) is 6.32. The van der Waals surface area contributed by atoms with Crippen molar-refractivity contribution in [2.24, 2.45) is 0 Å². The van der Waals surface area contributed by atoms with Crippen LogP contribution in [0.25, 0.3) is 0 Å². The Morgan fingerprint density at radius 2 is 1.95 bits per heavy atom. The normalized spacial score (nSPS) is 11.0. The molecule has 0 aliphatic rings. The smallest absolute Gasteiger partial charge is 0.413 e. The first-order valence-corrected chi connectivity index (χ1v) is 6.48. The number of hydrogen-bond acceptors (Lipinski definition) is 5. The van der Waals surface area contributed by atoms with Crippen molar-refractivity contribution in [1.82, 2.24) is 9.97 Å². The summed E-state index contributed by atoms with van der Waals surface area (Å²) < 4.78 is 5.06. The fourth-order valence-electron chi connectivity index (χ4n) is 1.57. The highest BCUT2D eigenvalue weighted by Gasteiger charge is 2.18. The van der Waals surface area contributed by atoms with Gasteiger partial charge in [0.25, 0.3) is 0 Å². The van der Waals surface area contributed by atoms with Crippen LogP contribution in [0.2, 0.25) is 0 Å². The van der Waals surface area contributed by atoms with E-state index in [1.165, 1.54) is 12.4 Å². The summed E-state index contributed by atoms with van der Waals surface area (Å²) in [6.45, 7) is 3.40. The van der Waals surface area contributed by atoms with Gasteiger partial charge in [-0.15, -0.1) is 0 Å². The van der Waals surface area contributed by atoms with Gasteiger partial charge in [0.15, 0.2) is 5.82 Å². The molecule has 1 heterocycles. The Kier molecular flexibility index (Phi) is 4.49. The number of carbonyl (C=O) groups is 1. The first kappa shape index (κ1) is 14.9. The van der Waals surface area contributed by atoms with E-state index in [-0.39, 0.29) is 12.4 Å². The van der Waals surface area contributed by atoms with Crippen LogP contribution in [0.15, 0.2) is 42.7 Å². The summed E-state index contributed by atoms with van der Waals surface area (Å²) in [4.78, 5) is 19.7. The van der Waals surface area contributed by atoms with Gasteiger partial charge in [0, 0.05) is 0 Å². The molecule has 1 aromatic carbocycles. The standard InChI is InChI=1S/C15H17N3O3/c1-15(2,20)12-8-17-13(9-16-12)18-14(19)21-10-11-6-4-3-5-7-11/h3-9,20H,10H2,1-2H3,(H,17,18,19). The number of nitrogens with zero attached hydrogens (tertiary/aromatic N) is 2. The molecule has 0 atom stereocenters. The van der Waals surface area contributed by atoms with Crippen molar-refractivity contribution in [3.8, 4) is 0 Å². The molecule has 0 fully saturated rings. The van der Waals surface area contributed by atoms with Crippen LogP contribution in [0, 0.1) is 0 Å². The number of nitrogens with one attached hydrogen (secondary N) is 1. The fourth-order valence-corrected chi connectivity index (χ4v) is 1.57. The zero-order valence-electron chi connectivity index (χ0n) is 11.9. The Labute approximate surface area is 122 Å². The second-order valence-corrected chi connectivity index (χ2v) is 5.03. The molecule has 0 unspecified atom stereocenters. The minimum atomic E-state index is -1.07. The Hall–Kier alpha value is -2.47. The van der Waals surface area contributed by atoms with Gasteiger partial charge in [-0.05, 0) is 19.4 Å². The highest BCUT2D eigenvalue weighted by Crippen LogP contribution is 2.16. The van der Waals surface area contributed by atoms with E-state index in [0.717, 1.165) is 5.56 Å². The summed E-state index contributed by atoms with van der Waals surface area (Å²) in [6, 6.07) is 9.37. The van der Waals surface area contributed by atoms with Crippen molar-refractivity contribution >= 4 is 11.9 Å². The zero-order chi connectivity index (χ0) is 15.3. The summed E-state index contributed by atoms with van der Waals surface area (Å²) >= 11 is 0. The van der Waals surface area contributed by atoms with Crippen molar-refractivity contribution in [3.05, 3.63) is 54.0 Å². The first-order chi connectivity index (χ1) is 9.95. The molecule has 0 saturated carbocycles. The predicted octanol–water partition coefficient (Wildman–Crippen LogP) is 2.45. The zero-order valence-corrected chi connectivity index (χ0v) is 11.9. The fraction of sp³-hybridized carbons (Fsp3) is 0.267. The van der Waals surface area contributed by atoms with E-state index in [2.05, 4.69) is 15.3 Å². The Balaban J connectivity index is 1.88. The molecule has 0 aliphatic carbocycles. The third kappa shape index (κ3) is 4.54. The van der Waals surface area contributed by atoms with E-state index in [4.69, 9.17) is 4.74 Å². The summed E-state index contributed by atoms with van der Waals surface area (Å²) in [7, 11) is 0. The lowest BCUT2D eigenvalue weighted by Crippen LogP contribution is -2.19. The number of amides is 1. The topological polar surface area (TPSA) is 84.3 Å². The maximum Gasteiger partial charge on any atom is 0.413 e. The molecular weight excluding hydrogens is 270 g/mol. The Bertz CT molecular complexity index is 592. The van der Waals surface area contributed by atoms with Crippen molar-refractivity contribution in [2.45, 2.75) is 26.1 Å². The third-order valence-corrected chi connectivity index (χ3v) is 2.72. The molecule has 2 N–H and O–H groups in total. The summed E-state index contributed by atoms with van der Waals surface area (Å²) in [5, 5.41) is 12.2. The average molecular weight is 287 g/mol. The van der Waals surface area contributed by atoms with E-state index in [1.807, 2.05) is 30.3 Å². The molecule has 1 aromatic heterocycles. The molecule has 0 aliphatic heterocycles. The minimum Gasteiger partial charge on any atom is -0.444 e. The monoisotopic (exact) mass is 287 g/mol. The predicted molar refractivity (Wildman–Crippen MR) is 77.5 cm³/mol. The van der Waals surface area contributed by atoms with Crippen LogP contribution in [0.3, 0.4) is 0 Å². The molecular formula is C15H17N3O3. The Morgan fingerprint density at radius 3 is 2.52 bits per heavy atom. The second-order valence-electron chi connectivity index (χ2n) is 5.03. The number of aromatic nitrogens is 2. The van der Waals surface area contributed by atoms with Crippen LogP contribution < -0.4 is 5.32 Å². The molecule has 2 rings (SSSR count). The number of aliphatic hydroxyl groups is 1. The van der Waals surface area contributed by atoms with Crippen LogP contribution in [-0.4, -0.2) is 21.2 Å². The molecule has 21 heavy (non-hydrogen) atoms. The van der Waals surface area contributed by atoms with Crippen LogP contribution >= 0.6 is 0 Å². The summed E-state index contributed by atoms with van der Waals surface area (Å²) in [6.07, 6.45) is 2.17. The van der Waals surface area contributed by atoms with Crippen LogP contribution in [0.5, 0.6) is 0 Å². The van der Waals surface area contributed by atoms with Crippen molar-refractivity contribution in [1.29, 1.82) is 0 Å². The van der Waals surface area contributed by atoms with Crippen molar-refractivity contribution in [2.75, 3.05) is 5.32 Å². The van der Waals surface area contributed by atoms with Gasteiger partial charge < -0.3 is 9.84 Å². The van der Waals surface area contributed by atoms with Gasteiger partial charge in [-0.1, -0.05) is 30.3 Å². The van der Waals surface area contributed by atoms with Crippen LogP contribution in [-0.2, 0) is 16.9 Å². The molecule has 0 spiro atoms. The van der Waals surface area contributed by atoms with Crippen molar-refractivity contribution in [3.63, 3.8) is 0 Å². The van der Waals surface area contributed by atoms with E-state index in [0.29, 0.717) is 5.69 Å². The van der Waals surface area contributed by atoms with Gasteiger partial charge in [0.2, 0.25) is 0 Å². The highest BCUT2D eigenvalue weighted by atomic mass is 16.5. The summed E-state index contributed by atoms with van der Waals surface area (Å²) in [5.74, 6) is 0.265. The molecule has 0 bridgehead atoms. The number of hydrogen-bond donors (Lipinski definition) is 2. The lowest BCUT2D eigenvalue weighted by molar-refractivity contribution is 0.0735. The number of rotatable bonds is 4. The molecule has 0 saturated heterocycles. The van der Waals surface area contributed by atoms with E-state index in [9.17, 15) is 9.90 Å². The Morgan fingerprint density at radius 1 is 1.24 bits per heavy atom. The lowest BCUT2D eigenvalue weighted by atomic mass is 10.1. The maximum atomic E-state index is 11.6. The maximum absolute atomic E-state index is 11.6. The SMILES string of the molecule is CC(C)(O)c1cnc(NC(=O)OCc2ccccc2)cn1. The van der Waals surface area contributed by atoms with Gasteiger partial charge in [0.05, 0.1) is 18.1 Å².